The van der Waals surface area contributed by atoms with Crippen molar-refractivity contribution in [3.05, 3.63) is 64.7 Å². The Kier molecular flexibility index (Phi) is 2.78. The second-order valence-corrected chi connectivity index (χ2v) is 5.82. The summed E-state index contributed by atoms with van der Waals surface area (Å²) in [7, 11) is 0. The number of benzene rings is 2. The van der Waals surface area contributed by atoms with Crippen LogP contribution in [0.1, 0.15) is 40.7 Å². The van der Waals surface area contributed by atoms with Crippen molar-refractivity contribution in [1.82, 2.24) is 0 Å². The summed E-state index contributed by atoms with van der Waals surface area (Å²) in [6.45, 7) is 0.769. The van der Waals surface area contributed by atoms with Crippen LogP contribution in [0.2, 0.25) is 0 Å². The van der Waals surface area contributed by atoms with Crippen LogP contribution in [0, 0.1) is 0 Å². The largest absolute Gasteiger partial charge is 0.493 e. The normalized spacial score (nSPS) is 20.6. The van der Waals surface area contributed by atoms with E-state index in [1.807, 2.05) is 12.1 Å². The molecule has 2 unspecified atom stereocenters. The maximum atomic E-state index is 10.5. The van der Waals surface area contributed by atoms with Gasteiger partial charge in [-0.2, -0.15) is 0 Å². The minimum absolute atomic E-state index is 0.376. The molecule has 20 heavy (non-hydrogen) atoms. The van der Waals surface area contributed by atoms with Crippen LogP contribution in [-0.4, -0.2) is 11.7 Å². The lowest BCUT2D eigenvalue weighted by Crippen LogP contribution is -2.19. The average molecular weight is 266 g/mol. The third kappa shape index (κ3) is 1.92. The molecule has 0 amide bonds. The highest BCUT2D eigenvalue weighted by atomic mass is 16.5. The van der Waals surface area contributed by atoms with Crippen molar-refractivity contribution < 1.29 is 9.84 Å². The van der Waals surface area contributed by atoms with Gasteiger partial charge in [0, 0.05) is 6.42 Å². The van der Waals surface area contributed by atoms with Gasteiger partial charge in [0.05, 0.1) is 12.7 Å². The second-order valence-electron chi connectivity index (χ2n) is 5.82. The first kappa shape index (κ1) is 12.0. The molecular weight excluding hydrogens is 248 g/mol. The van der Waals surface area contributed by atoms with Crippen LogP contribution in [0.4, 0.5) is 0 Å². The highest BCUT2D eigenvalue weighted by molar-refractivity contribution is 5.42. The molecule has 1 aliphatic carbocycles. The summed E-state index contributed by atoms with van der Waals surface area (Å²) in [6.07, 6.45) is 2.50. The molecule has 0 saturated carbocycles. The zero-order valence-corrected chi connectivity index (χ0v) is 11.4. The van der Waals surface area contributed by atoms with Gasteiger partial charge in [-0.1, -0.05) is 30.3 Å². The lowest BCUT2D eigenvalue weighted by molar-refractivity contribution is 0.153. The molecule has 2 nitrogen and oxygen atoms in total. The quantitative estimate of drug-likeness (QED) is 0.922. The van der Waals surface area contributed by atoms with Gasteiger partial charge >= 0.3 is 0 Å². The van der Waals surface area contributed by atoms with E-state index < -0.39 is 0 Å². The number of aliphatic hydroxyl groups excluding tert-OH is 1. The van der Waals surface area contributed by atoms with Crippen LogP contribution in [0.5, 0.6) is 5.75 Å². The molecule has 0 bridgehead atoms. The zero-order chi connectivity index (χ0) is 13.5. The first-order valence-corrected chi connectivity index (χ1v) is 7.33. The Bertz CT molecular complexity index is 648. The van der Waals surface area contributed by atoms with Crippen LogP contribution in [0.15, 0.2) is 42.5 Å². The van der Waals surface area contributed by atoms with E-state index in [1.165, 1.54) is 16.7 Å². The van der Waals surface area contributed by atoms with Crippen molar-refractivity contribution >= 4 is 0 Å². The molecule has 2 heteroatoms. The fraction of sp³-hybridized carbons (Fsp3) is 0.333. The molecule has 2 aromatic rings. The van der Waals surface area contributed by atoms with E-state index in [-0.39, 0.29) is 6.10 Å². The number of hydrogen-bond acceptors (Lipinski definition) is 2. The van der Waals surface area contributed by atoms with Crippen LogP contribution >= 0.6 is 0 Å². The van der Waals surface area contributed by atoms with E-state index in [0.717, 1.165) is 37.2 Å². The van der Waals surface area contributed by atoms with E-state index in [4.69, 9.17) is 4.74 Å². The highest BCUT2D eigenvalue weighted by Gasteiger charge is 2.28. The smallest absolute Gasteiger partial charge is 0.122 e. The van der Waals surface area contributed by atoms with Gasteiger partial charge in [-0.25, -0.2) is 0 Å². The molecule has 4 rings (SSSR count). The molecule has 0 radical (unpaired) electrons. The van der Waals surface area contributed by atoms with Gasteiger partial charge in [0.25, 0.3) is 0 Å². The number of aliphatic hydroxyl groups is 1. The van der Waals surface area contributed by atoms with Gasteiger partial charge in [-0.05, 0) is 53.1 Å². The summed E-state index contributed by atoms with van der Waals surface area (Å²) in [6, 6.07) is 14.7. The minimum atomic E-state index is -0.376. The molecule has 0 aromatic heterocycles. The lowest BCUT2D eigenvalue weighted by Gasteiger charge is -2.31. The molecule has 102 valence electrons. The fourth-order valence-corrected chi connectivity index (χ4v) is 3.39. The zero-order valence-electron chi connectivity index (χ0n) is 11.4. The molecule has 0 fully saturated rings. The number of ether oxygens (including phenoxy) is 1. The second kappa shape index (κ2) is 4.64. The standard InChI is InChI=1S/C18H18O2/c19-17(11-15-9-12-3-1-2-4-16(12)15)13-5-6-18-14(10-13)7-8-20-18/h1-6,10,15,17,19H,7-9,11H2. The third-order valence-corrected chi connectivity index (χ3v) is 4.57. The van der Waals surface area contributed by atoms with Gasteiger partial charge in [0.1, 0.15) is 5.75 Å². The molecule has 1 aliphatic heterocycles. The lowest BCUT2D eigenvalue weighted by atomic mass is 9.74. The van der Waals surface area contributed by atoms with Crippen LogP contribution in [0.25, 0.3) is 0 Å². The van der Waals surface area contributed by atoms with Crippen molar-refractivity contribution in [2.24, 2.45) is 0 Å². The predicted octanol–water partition coefficient (Wildman–Crippen LogP) is 3.38. The van der Waals surface area contributed by atoms with Crippen molar-refractivity contribution in [3.63, 3.8) is 0 Å². The van der Waals surface area contributed by atoms with E-state index in [1.54, 1.807) is 0 Å². The number of hydrogen-bond donors (Lipinski definition) is 1. The third-order valence-electron chi connectivity index (χ3n) is 4.57. The highest BCUT2D eigenvalue weighted by Crippen LogP contribution is 2.41. The molecule has 2 atom stereocenters. The summed E-state index contributed by atoms with van der Waals surface area (Å²) in [5.74, 6) is 1.49. The van der Waals surface area contributed by atoms with E-state index >= 15 is 0 Å². The number of rotatable bonds is 3. The van der Waals surface area contributed by atoms with Gasteiger partial charge < -0.3 is 9.84 Å². The Labute approximate surface area is 119 Å². The topological polar surface area (TPSA) is 29.5 Å². The van der Waals surface area contributed by atoms with E-state index in [9.17, 15) is 5.11 Å². The molecule has 2 aliphatic rings. The first-order valence-electron chi connectivity index (χ1n) is 7.33. The van der Waals surface area contributed by atoms with Crippen LogP contribution in [-0.2, 0) is 12.8 Å². The maximum Gasteiger partial charge on any atom is 0.122 e. The monoisotopic (exact) mass is 266 g/mol. The molecule has 1 N–H and O–H groups in total. The van der Waals surface area contributed by atoms with Crippen LogP contribution in [0.3, 0.4) is 0 Å². The molecule has 2 aromatic carbocycles. The van der Waals surface area contributed by atoms with Crippen molar-refractivity contribution in [3.8, 4) is 5.75 Å². The van der Waals surface area contributed by atoms with Gasteiger partial charge in [-0.3, -0.25) is 0 Å². The first-order chi connectivity index (χ1) is 9.81. The van der Waals surface area contributed by atoms with Gasteiger partial charge in [-0.15, -0.1) is 0 Å². The van der Waals surface area contributed by atoms with Crippen LogP contribution < -0.4 is 4.74 Å². The maximum absolute atomic E-state index is 10.5. The van der Waals surface area contributed by atoms with Crippen molar-refractivity contribution in [2.75, 3.05) is 6.61 Å². The molecule has 0 saturated heterocycles. The Morgan fingerprint density at radius 1 is 1.15 bits per heavy atom. The van der Waals surface area contributed by atoms with E-state index in [2.05, 4.69) is 30.3 Å². The fourth-order valence-electron chi connectivity index (χ4n) is 3.39. The molecule has 1 heterocycles. The Balaban J connectivity index is 1.50. The minimum Gasteiger partial charge on any atom is -0.493 e. The summed E-state index contributed by atoms with van der Waals surface area (Å²) < 4.78 is 5.51. The summed E-state index contributed by atoms with van der Waals surface area (Å²) in [5, 5.41) is 10.5. The summed E-state index contributed by atoms with van der Waals surface area (Å²) >= 11 is 0. The van der Waals surface area contributed by atoms with Crippen molar-refractivity contribution in [1.29, 1.82) is 0 Å². The molecular formula is C18H18O2. The average Bonchev–Trinajstić information content (AvgIpc) is 2.92. The van der Waals surface area contributed by atoms with E-state index in [0.29, 0.717) is 5.92 Å². The van der Waals surface area contributed by atoms with Gasteiger partial charge in [0.2, 0.25) is 0 Å². The SMILES string of the molecule is OC(CC1Cc2ccccc21)c1ccc2c(c1)CCO2. The molecule has 0 spiro atoms. The Morgan fingerprint density at radius 3 is 2.95 bits per heavy atom. The van der Waals surface area contributed by atoms with Crippen molar-refractivity contribution in [2.45, 2.75) is 31.3 Å². The Morgan fingerprint density at radius 2 is 2.05 bits per heavy atom. The number of fused-ring (bicyclic) bond motifs is 2. The summed E-state index contributed by atoms with van der Waals surface area (Å²) in [5.41, 5.74) is 5.11. The predicted molar refractivity (Wildman–Crippen MR) is 78.1 cm³/mol. The summed E-state index contributed by atoms with van der Waals surface area (Å²) in [4.78, 5) is 0. The Hall–Kier alpha value is -1.80. The van der Waals surface area contributed by atoms with Gasteiger partial charge in [0.15, 0.2) is 0 Å².